The van der Waals surface area contributed by atoms with Crippen molar-refractivity contribution in [2.45, 2.75) is 25.8 Å². The van der Waals surface area contributed by atoms with Gasteiger partial charge in [-0.15, -0.1) is 0 Å². The number of hydrogen-bond donors (Lipinski definition) is 1. The van der Waals surface area contributed by atoms with Crippen molar-refractivity contribution in [3.05, 3.63) is 48.3 Å². The molecule has 2 N–H and O–H groups in total. The van der Waals surface area contributed by atoms with Gasteiger partial charge in [0.2, 0.25) is 0 Å². The standard InChI is InChI=1S/C16H20N2O2/c1-3-13(17)8-12-9-16(11-18-10-12)20-15-6-4-14(19-2)5-7-15/h4-7,9-11,13H,3,8,17H2,1-2H3. The van der Waals surface area contributed by atoms with Crippen LogP contribution in [-0.2, 0) is 6.42 Å². The Morgan fingerprint density at radius 1 is 1.10 bits per heavy atom. The minimum Gasteiger partial charge on any atom is -0.497 e. The van der Waals surface area contributed by atoms with Gasteiger partial charge < -0.3 is 15.2 Å². The highest BCUT2D eigenvalue weighted by atomic mass is 16.5. The molecule has 0 aliphatic carbocycles. The molecule has 1 aromatic carbocycles. The number of nitrogens with zero attached hydrogens (tertiary/aromatic N) is 1. The predicted octanol–water partition coefficient (Wildman–Crippen LogP) is 3.16. The second-order valence-corrected chi connectivity index (χ2v) is 4.68. The smallest absolute Gasteiger partial charge is 0.145 e. The minimum absolute atomic E-state index is 0.160. The maximum Gasteiger partial charge on any atom is 0.145 e. The molecule has 1 aromatic heterocycles. The number of benzene rings is 1. The van der Waals surface area contributed by atoms with Gasteiger partial charge in [0.25, 0.3) is 0 Å². The lowest BCUT2D eigenvalue weighted by atomic mass is 10.1. The molecule has 0 saturated heterocycles. The maximum absolute atomic E-state index is 5.96. The maximum atomic E-state index is 5.96. The third-order valence-corrected chi connectivity index (χ3v) is 3.09. The Morgan fingerprint density at radius 2 is 1.80 bits per heavy atom. The van der Waals surface area contributed by atoms with Gasteiger partial charge in [-0.25, -0.2) is 0 Å². The molecule has 0 bridgehead atoms. The zero-order valence-electron chi connectivity index (χ0n) is 11.9. The van der Waals surface area contributed by atoms with Crippen LogP contribution in [0.2, 0.25) is 0 Å². The van der Waals surface area contributed by atoms with Gasteiger partial charge in [0.15, 0.2) is 0 Å². The minimum atomic E-state index is 0.160. The quantitative estimate of drug-likeness (QED) is 0.877. The van der Waals surface area contributed by atoms with Gasteiger partial charge in [0.1, 0.15) is 17.2 Å². The van der Waals surface area contributed by atoms with Crippen LogP contribution in [0.4, 0.5) is 0 Å². The molecule has 1 heterocycles. The first kappa shape index (κ1) is 14.3. The van der Waals surface area contributed by atoms with Crippen molar-refractivity contribution < 1.29 is 9.47 Å². The average Bonchev–Trinajstić information content (AvgIpc) is 2.48. The molecule has 0 amide bonds. The van der Waals surface area contributed by atoms with Crippen molar-refractivity contribution in [2.75, 3.05) is 7.11 Å². The lowest BCUT2D eigenvalue weighted by Crippen LogP contribution is -2.21. The molecule has 0 spiro atoms. The highest BCUT2D eigenvalue weighted by Crippen LogP contribution is 2.24. The highest BCUT2D eigenvalue weighted by molar-refractivity contribution is 5.35. The average molecular weight is 272 g/mol. The van der Waals surface area contributed by atoms with E-state index in [-0.39, 0.29) is 6.04 Å². The summed E-state index contributed by atoms with van der Waals surface area (Å²) in [4.78, 5) is 4.20. The first-order valence-electron chi connectivity index (χ1n) is 6.72. The summed E-state index contributed by atoms with van der Waals surface area (Å²) in [5.41, 5.74) is 7.05. The van der Waals surface area contributed by atoms with Crippen LogP contribution in [-0.4, -0.2) is 18.1 Å². The van der Waals surface area contributed by atoms with E-state index in [9.17, 15) is 0 Å². The van der Waals surface area contributed by atoms with Crippen molar-refractivity contribution in [3.63, 3.8) is 0 Å². The van der Waals surface area contributed by atoms with E-state index in [4.69, 9.17) is 15.2 Å². The molecule has 1 atom stereocenters. The Hall–Kier alpha value is -2.07. The van der Waals surface area contributed by atoms with Crippen LogP contribution in [0.25, 0.3) is 0 Å². The molecule has 4 heteroatoms. The number of rotatable bonds is 6. The third kappa shape index (κ3) is 3.96. The van der Waals surface area contributed by atoms with E-state index in [1.807, 2.05) is 36.5 Å². The number of ether oxygens (including phenoxy) is 2. The summed E-state index contributed by atoms with van der Waals surface area (Å²) in [6, 6.07) is 9.59. The summed E-state index contributed by atoms with van der Waals surface area (Å²) in [5.74, 6) is 2.28. The van der Waals surface area contributed by atoms with Gasteiger partial charge in [-0.05, 0) is 48.7 Å². The van der Waals surface area contributed by atoms with Gasteiger partial charge in [0.05, 0.1) is 13.3 Å². The van der Waals surface area contributed by atoms with E-state index in [2.05, 4.69) is 11.9 Å². The SMILES string of the molecule is CCC(N)Cc1cncc(Oc2ccc(OC)cc2)c1. The van der Waals surface area contributed by atoms with E-state index in [0.29, 0.717) is 0 Å². The summed E-state index contributed by atoms with van der Waals surface area (Å²) in [6.45, 7) is 2.08. The first-order valence-corrected chi connectivity index (χ1v) is 6.72. The lowest BCUT2D eigenvalue weighted by Gasteiger charge is -2.10. The van der Waals surface area contributed by atoms with Crippen LogP contribution in [0.15, 0.2) is 42.7 Å². The fraction of sp³-hybridized carbons (Fsp3) is 0.312. The molecule has 2 aromatic rings. The van der Waals surface area contributed by atoms with Gasteiger partial charge in [-0.1, -0.05) is 6.92 Å². The normalized spacial score (nSPS) is 11.9. The van der Waals surface area contributed by atoms with E-state index in [1.54, 1.807) is 13.3 Å². The topological polar surface area (TPSA) is 57.4 Å². The molecular weight excluding hydrogens is 252 g/mol. The van der Waals surface area contributed by atoms with Crippen LogP contribution in [0.5, 0.6) is 17.2 Å². The second kappa shape index (κ2) is 6.91. The van der Waals surface area contributed by atoms with Crippen molar-refractivity contribution in [1.29, 1.82) is 0 Å². The molecule has 0 radical (unpaired) electrons. The first-order chi connectivity index (χ1) is 9.71. The number of methoxy groups -OCH3 is 1. The summed E-state index contributed by atoms with van der Waals surface area (Å²) in [5, 5.41) is 0. The Labute approximate surface area is 119 Å². The summed E-state index contributed by atoms with van der Waals surface area (Å²) in [6.07, 6.45) is 5.29. The number of pyridine rings is 1. The number of hydrogen-bond acceptors (Lipinski definition) is 4. The molecule has 1 unspecified atom stereocenters. The summed E-state index contributed by atoms with van der Waals surface area (Å²) in [7, 11) is 1.64. The van der Waals surface area contributed by atoms with Crippen molar-refractivity contribution in [2.24, 2.45) is 5.73 Å². The van der Waals surface area contributed by atoms with Gasteiger partial charge >= 0.3 is 0 Å². The molecule has 0 fully saturated rings. The summed E-state index contributed by atoms with van der Waals surface area (Å²) < 4.78 is 10.9. The van der Waals surface area contributed by atoms with Gasteiger partial charge in [-0.2, -0.15) is 0 Å². The van der Waals surface area contributed by atoms with Gasteiger partial charge in [0, 0.05) is 12.2 Å². The van der Waals surface area contributed by atoms with Crippen molar-refractivity contribution >= 4 is 0 Å². The largest absolute Gasteiger partial charge is 0.497 e. The fourth-order valence-electron chi connectivity index (χ4n) is 1.86. The van der Waals surface area contributed by atoms with E-state index in [0.717, 1.165) is 35.7 Å². The fourth-order valence-corrected chi connectivity index (χ4v) is 1.86. The van der Waals surface area contributed by atoms with E-state index in [1.165, 1.54) is 0 Å². The molecule has 106 valence electrons. The molecule has 0 saturated carbocycles. The summed E-state index contributed by atoms with van der Waals surface area (Å²) >= 11 is 0. The Balaban J connectivity index is 2.06. The van der Waals surface area contributed by atoms with Crippen LogP contribution in [0, 0.1) is 0 Å². The van der Waals surface area contributed by atoms with Crippen molar-refractivity contribution in [1.82, 2.24) is 4.98 Å². The second-order valence-electron chi connectivity index (χ2n) is 4.68. The van der Waals surface area contributed by atoms with Crippen LogP contribution in [0.1, 0.15) is 18.9 Å². The predicted molar refractivity (Wildman–Crippen MR) is 79.3 cm³/mol. The Bertz CT molecular complexity index is 540. The van der Waals surface area contributed by atoms with Crippen LogP contribution < -0.4 is 15.2 Å². The van der Waals surface area contributed by atoms with E-state index >= 15 is 0 Å². The third-order valence-electron chi connectivity index (χ3n) is 3.09. The molecule has 0 aliphatic heterocycles. The number of nitrogens with two attached hydrogens (primary N) is 1. The van der Waals surface area contributed by atoms with Crippen LogP contribution in [0.3, 0.4) is 0 Å². The molecule has 4 nitrogen and oxygen atoms in total. The number of aromatic nitrogens is 1. The molecular formula is C16H20N2O2. The highest BCUT2D eigenvalue weighted by Gasteiger charge is 2.04. The van der Waals surface area contributed by atoms with E-state index < -0.39 is 0 Å². The molecule has 2 rings (SSSR count). The van der Waals surface area contributed by atoms with Crippen LogP contribution >= 0.6 is 0 Å². The zero-order valence-corrected chi connectivity index (χ0v) is 11.9. The monoisotopic (exact) mass is 272 g/mol. The zero-order chi connectivity index (χ0) is 14.4. The molecule has 20 heavy (non-hydrogen) atoms. The van der Waals surface area contributed by atoms with Gasteiger partial charge in [-0.3, -0.25) is 4.98 Å². The Kier molecular flexibility index (Phi) is 4.96. The van der Waals surface area contributed by atoms with Crippen molar-refractivity contribution in [3.8, 4) is 17.2 Å². The molecule has 0 aliphatic rings. The lowest BCUT2D eigenvalue weighted by molar-refractivity contribution is 0.412. The Morgan fingerprint density at radius 3 is 2.45 bits per heavy atom.